The van der Waals surface area contributed by atoms with Gasteiger partial charge in [-0.2, -0.15) is 0 Å². The Labute approximate surface area is 119 Å². The largest absolute Gasteiger partial charge is 0.387 e. The third kappa shape index (κ3) is 2.61. The Balaban J connectivity index is 2.15. The number of carbonyl (C=O) groups is 2. The maximum atomic E-state index is 12.1. The van der Waals surface area contributed by atoms with Crippen molar-refractivity contribution in [3.8, 4) is 0 Å². The number of hydrogen-bond donors (Lipinski definition) is 1. The van der Waals surface area contributed by atoms with Crippen LogP contribution in [-0.4, -0.2) is 28.4 Å². The van der Waals surface area contributed by atoms with Crippen LogP contribution in [0.1, 0.15) is 43.1 Å². The molecule has 1 unspecified atom stereocenters. The van der Waals surface area contributed by atoms with Crippen molar-refractivity contribution in [1.29, 1.82) is 0 Å². The van der Waals surface area contributed by atoms with Gasteiger partial charge in [0.15, 0.2) is 0 Å². The molecule has 1 aliphatic heterocycles. The minimum atomic E-state index is -0.837. The molecule has 0 radical (unpaired) electrons. The van der Waals surface area contributed by atoms with E-state index in [0.29, 0.717) is 0 Å². The summed E-state index contributed by atoms with van der Waals surface area (Å²) in [5.74, 6) is -0.409. The third-order valence-electron chi connectivity index (χ3n) is 3.99. The van der Waals surface area contributed by atoms with E-state index in [1.807, 2.05) is 32.0 Å². The number of amides is 2. The Kier molecular flexibility index (Phi) is 3.69. The smallest absolute Gasteiger partial charge is 0.235 e. The molecule has 2 amide bonds. The summed E-state index contributed by atoms with van der Waals surface area (Å²) in [6.45, 7) is 7.53. The minimum absolute atomic E-state index is 0.0313. The van der Waals surface area contributed by atoms with Gasteiger partial charge in [0.1, 0.15) is 0 Å². The topological polar surface area (TPSA) is 57.6 Å². The molecule has 1 aromatic carbocycles. The van der Waals surface area contributed by atoms with Crippen LogP contribution in [0.3, 0.4) is 0 Å². The van der Waals surface area contributed by atoms with Crippen LogP contribution < -0.4 is 0 Å². The number of benzene rings is 1. The van der Waals surface area contributed by atoms with Crippen LogP contribution in [0.15, 0.2) is 18.2 Å². The average molecular weight is 275 g/mol. The van der Waals surface area contributed by atoms with Gasteiger partial charge in [-0.1, -0.05) is 32.0 Å². The molecule has 1 aliphatic rings. The number of aryl methyl sites for hydroxylation is 2. The van der Waals surface area contributed by atoms with Gasteiger partial charge in [0.25, 0.3) is 0 Å². The van der Waals surface area contributed by atoms with Crippen molar-refractivity contribution in [2.75, 3.05) is 6.54 Å². The van der Waals surface area contributed by atoms with E-state index in [1.54, 1.807) is 13.8 Å². The molecule has 20 heavy (non-hydrogen) atoms. The summed E-state index contributed by atoms with van der Waals surface area (Å²) in [6, 6.07) is 5.67. The normalized spacial score (nSPS) is 19.6. The zero-order valence-corrected chi connectivity index (χ0v) is 12.4. The highest BCUT2D eigenvalue weighted by Gasteiger charge is 2.45. The molecule has 4 heteroatoms. The maximum Gasteiger partial charge on any atom is 0.235 e. The average Bonchev–Trinajstić information content (AvgIpc) is 2.55. The number of β-amino-alcohol motifs (C(OH)–C–C–N with tert-alkyl or cyclic N) is 1. The number of carbonyl (C=O) groups excluding carboxylic acids is 2. The van der Waals surface area contributed by atoms with E-state index in [1.165, 1.54) is 4.90 Å². The monoisotopic (exact) mass is 275 g/mol. The van der Waals surface area contributed by atoms with Gasteiger partial charge >= 0.3 is 0 Å². The lowest BCUT2D eigenvalue weighted by Crippen LogP contribution is -2.36. The number of likely N-dealkylation sites (tertiary alicyclic amines) is 1. The van der Waals surface area contributed by atoms with Gasteiger partial charge in [-0.3, -0.25) is 14.5 Å². The van der Waals surface area contributed by atoms with E-state index in [2.05, 4.69) is 0 Å². The second kappa shape index (κ2) is 5.02. The van der Waals surface area contributed by atoms with Crippen molar-refractivity contribution in [3.05, 3.63) is 34.9 Å². The number of aliphatic hydroxyl groups is 1. The first-order valence-electron chi connectivity index (χ1n) is 6.82. The third-order valence-corrected chi connectivity index (χ3v) is 3.99. The second-order valence-electron chi connectivity index (χ2n) is 6.23. The predicted molar refractivity (Wildman–Crippen MR) is 76.0 cm³/mol. The molecule has 1 atom stereocenters. The van der Waals surface area contributed by atoms with Crippen molar-refractivity contribution >= 4 is 11.8 Å². The maximum absolute atomic E-state index is 12.1. The molecule has 108 valence electrons. The molecule has 4 nitrogen and oxygen atoms in total. The lowest BCUT2D eigenvalue weighted by atomic mass is 9.92. The fourth-order valence-corrected chi connectivity index (χ4v) is 2.46. The first-order valence-corrected chi connectivity index (χ1v) is 6.82. The molecule has 0 aromatic heterocycles. The molecule has 2 rings (SSSR count). The number of rotatable bonds is 3. The van der Waals surface area contributed by atoms with Crippen molar-refractivity contribution in [2.24, 2.45) is 5.41 Å². The van der Waals surface area contributed by atoms with Crippen molar-refractivity contribution in [1.82, 2.24) is 4.90 Å². The molecule has 1 fully saturated rings. The SMILES string of the molecule is Cc1ccc(C(O)CN2C(=O)CC(C)(C)C2=O)cc1C. The fraction of sp³-hybridized carbons (Fsp3) is 0.500. The molecule has 0 aliphatic carbocycles. The van der Waals surface area contributed by atoms with Crippen LogP contribution in [0.5, 0.6) is 0 Å². The van der Waals surface area contributed by atoms with Crippen LogP contribution in [0.2, 0.25) is 0 Å². The summed E-state index contributed by atoms with van der Waals surface area (Å²) < 4.78 is 0. The molecule has 0 spiro atoms. The van der Waals surface area contributed by atoms with Gasteiger partial charge in [-0.05, 0) is 30.5 Å². The van der Waals surface area contributed by atoms with Gasteiger partial charge in [-0.15, -0.1) is 0 Å². The molecule has 0 saturated carbocycles. The Morgan fingerprint density at radius 3 is 2.40 bits per heavy atom. The van der Waals surface area contributed by atoms with E-state index in [0.717, 1.165) is 16.7 Å². The number of hydrogen-bond acceptors (Lipinski definition) is 3. The lowest BCUT2D eigenvalue weighted by molar-refractivity contribution is -0.142. The van der Waals surface area contributed by atoms with Crippen LogP contribution >= 0.6 is 0 Å². The number of aliphatic hydroxyl groups excluding tert-OH is 1. The van der Waals surface area contributed by atoms with Crippen molar-refractivity contribution < 1.29 is 14.7 Å². The zero-order valence-electron chi connectivity index (χ0n) is 12.4. The quantitative estimate of drug-likeness (QED) is 0.860. The van der Waals surface area contributed by atoms with Gasteiger partial charge in [0.05, 0.1) is 18.1 Å². The van der Waals surface area contributed by atoms with Gasteiger partial charge in [-0.25, -0.2) is 0 Å². The van der Waals surface area contributed by atoms with Crippen LogP contribution in [0, 0.1) is 19.3 Å². The zero-order chi connectivity index (χ0) is 15.1. The molecule has 1 heterocycles. The highest BCUT2D eigenvalue weighted by Crippen LogP contribution is 2.32. The standard InChI is InChI=1S/C16H21NO3/c1-10-5-6-12(7-11(10)2)13(18)9-17-14(19)8-16(3,4)15(17)20/h5-7,13,18H,8-9H2,1-4H3. The Morgan fingerprint density at radius 1 is 1.25 bits per heavy atom. The first-order chi connectivity index (χ1) is 9.22. The van der Waals surface area contributed by atoms with E-state index in [-0.39, 0.29) is 24.8 Å². The van der Waals surface area contributed by atoms with Crippen molar-refractivity contribution in [3.63, 3.8) is 0 Å². The molecule has 1 N–H and O–H groups in total. The first kappa shape index (κ1) is 14.7. The number of nitrogens with zero attached hydrogens (tertiary/aromatic N) is 1. The van der Waals surface area contributed by atoms with Crippen LogP contribution in [0.25, 0.3) is 0 Å². The Morgan fingerprint density at radius 2 is 1.90 bits per heavy atom. The summed E-state index contributed by atoms with van der Waals surface area (Å²) in [5.41, 5.74) is 2.31. The molecule has 0 bridgehead atoms. The van der Waals surface area contributed by atoms with Crippen molar-refractivity contribution in [2.45, 2.75) is 40.2 Å². The Hall–Kier alpha value is -1.68. The summed E-state index contributed by atoms with van der Waals surface area (Å²) in [7, 11) is 0. The number of imide groups is 1. The lowest BCUT2D eigenvalue weighted by Gasteiger charge is -2.21. The van der Waals surface area contributed by atoms with E-state index < -0.39 is 11.5 Å². The van der Waals surface area contributed by atoms with Crippen LogP contribution in [-0.2, 0) is 9.59 Å². The highest BCUT2D eigenvalue weighted by atomic mass is 16.3. The predicted octanol–water partition coefficient (Wildman–Crippen LogP) is 2.12. The van der Waals surface area contributed by atoms with Crippen LogP contribution in [0.4, 0.5) is 0 Å². The summed E-state index contributed by atoms with van der Waals surface area (Å²) in [5, 5.41) is 10.3. The Bertz CT molecular complexity index is 563. The summed E-state index contributed by atoms with van der Waals surface area (Å²) in [6.07, 6.45) is -0.623. The minimum Gasteiger partial charge on any atom is -0.387 e. The van der Waals surface area contributed by atoms with Gasteiger partial charge in [0, 0.05) is 6.42 Å². The summed E-state index contributed by atoms with van der Waals surface area (Å²) >= 11 is 0. The second-order valence-corrected chi connectivity index (χ2v) is 6.23. The van der Waals surface area contributed by atoms with Gasteiger partial charge in [0.2, 0.25) is 11.8 Å². The van der Waals surface area contributed by atoms with Gasteiger partial charge < -0.3 is 5.11 Å². The fourth-order valence-electron chi connectivity index (χ4n) is 2.46. The molecule has 1 saturated heterocycles. The van der Waals surface area contributed by atoms with E-state index >= 15 is 0 Å². The molecule has 1 aromatic rings. The van der Waals surface area contributed by atoms with E-state index in [9.17, 15) is 14.7 Å². The summed E-state index contributed by atoms with van der Waals surface area (Å²) in [4.78, 5) is 25.2. The van der Waals surface area contributed by atoms with E-state index in [4.69, 9.17) is 0 Å². The highest BCUT2D eigenvalue weighted by molar-refractivity contribution is 6.05. The molecular formula is C16H21NO3. The molecular weight excluding hydrogens is 254 g/mol.